The maximum absolute atomic E-state index is 12.3. The molecule has 0 aliphatic heterocycles. The summed E-state index contributed by atoms with van der Waals surface area (Å²) in [4.78, 5) is 14.5. The molecular formula is C15H30N2O4. The van der Waals surface area contributed by atoms with Gasteiger partial charge in [-0.3, -0.25) is 4.90 Å². The zero-order valence-corrected chi connectivity index (χ0v) is 13.8. The van der Waals surface area contributed by atoms with Gasteiger partial charge in [0, 0.05) is 33.4 Å². The van der Waals surface area contributed by atoms with E-state index in [4.69, 9.17) is 19.9 Å². The Hall–Kier alpha value is -0.690. The van der Waals surface area contributed by atoms with Crippen molar-refractivity contribution in [2.45, 2.75) is 38.3 Å². The third-order valence-electron chi connectivity index (χ3n) is 4.04. The van der Waals surface area contributed by atoms with Crippen LogP contribution in [0.5, 0.6) is 0 Å². The van der Waals surface area contributed by atoms with Crippen molar-refractivity contribution in [3.05, 3.63) is 0 Å². The lowest BCUT2D eigenvalue weighted by molar-refractivity contribution is -0.152. The molecule has 1 saturated carbocycles. The molecule has 0 spiro atoms. The Morgan fingerprint density at radius 2 is 2.05 bits per heavy atom. The lowest BCUT2D eigenvalue weighted by Gasteiger charge is -2.36. The summed E-state index contributed by atoms with van der Waals surface area (Å²) in [6, 6.07) is 0.168. The summed E-state index contributed by atoms with van der Waals surface area (Å²) >= 11 is 0. The predicted molar refractivity (Wildman–Crippen MR) is 81.1 cm³/mol. The molecule has 1 aliphatic carbocycles. The van der Waals surface area contributed by atoms with Crippen LogP contribution < -0.4 is 5.73 Å². The standard InChI is InChI=1S/C15H30N2O4/c1-5-21-14(18)15(16,13-6-7-13)11-17(8-9-19-3)12(2)10-20-4/h12-13H,5-11,16H2,1-4H3. The number of hydrogen-bond acceptors (Lipinski definition) is 6. The van der Waals surface area contributed by atoms with Crippen LogP contribution in [0.1, 0.15) is 26.7 Å². The Morgan fingerprint density at radius 1 is 1.38 bits per heavy atom. The quantitative estimate of drug-likeness (QED) is 0.565. The molecule has 1 rings (SSSR count). The van der Waals surface area contributed by atoms with Crippen molar-refractivity contribution < 1.29 is 19.0 Å². The highest BCUT2D eigenvalue weighted by molar-refractivity contribution is 5.82. The number of hydrogen-bond donors (Lipinski definition) is 1. The second-order valence-electron chi connectivity index (χ2n) is 5.80. The van der Waals surface area contributed by atoms with E-state index in [-0.39, 0.29) is 17.9 Å². The summed E-state index contributed by atoms with van der Waals surface area (Å²) in [5, 5.41) is 0. The van der Waals surface area contributed by atoms with Crippen LogP contribution in [-0.4, -0.2) is 69.6 Å². The fourth-order valence-electron chi connectivity index (χ4n) is 2.57. The van der Waals surface area contributed by atoms with Gasteiger partial charge in [0.2, 0.25) is 0 Å². The fraction of sp³-hybridized carbons (Fsp3) is 0.933. The molecule has 0 bridgehead atoms. The van der Waals surface area contributed by atoms with Crippen molar-refractivity contribution in [1.29, 1.82) is 0 Å². The van der Waals surface area contributed by atoms with Gasteiger partial charge in [-0.15, -0.1) is 0 Å². The molecule has 2 unspecified atom stereocenters. The Bertz CT molecular complexity index is 323. The zero-order valence-electron chi connectivity index (χ0n) is 13.8. The molecule has 0 aromatic carbocycles. The van der Waals surface area contributed by atoms with Gasteiger partial charge in [0.15, 0.2) is 0 Å². The van der Waals surface area contributed by atoms with Gasteiger partial charge in [0.25, 0.3) is 0 Å². The molecule has 0 aromatic rings. The maximum atomic E-state index is 12.3. The molecule has 0 radical (unpaired) electrons. The van der Waals surface area contributed by atoms with E-state index in [1.54, 1.807) is 14.2 Å². The van der Waals surface area contributed by atoms with E-state index in [0.29, 0.717) is 32.9 Å². The summed E-state index contributed by atoms with van der Waals surface area (Å²) in [5.41, 5.74) is 5.52. The highest BCUT2D eigenvalue weighted by Crippen LogP contribution is 2.39. The van der Waals surface area contributed by atoms with Gasteiger partial charge < -0.3 is 19.9 Å². The normalized spacial score (nSPS) is 19.3. The molecule has 1 aliphatic rings. The number of carbonyl (C=O) groups is 1. The first-order chi connectivity index (χ1) is 9.99. The van der Waals surface area contributed by atoms with E-state index < -0.39 is 5.54 Å². The van der Waals surface area contributed by atoms with Gasteiger partial charge in [-0.25, -0.2) is 4.79 Å². The van der Waals surface area contributed by atoms with Crippen molar-refractivity contribution >= 4 is 5.97 Å². The molecule has 0 saturated heterocycles. The lowest BCUT2D eigenvalue weighted by atomic mass is 9.93. The number of carbonyl (C=O) groups excluding carboxylic acids is 1. The minimum Gasteiger partial charge on any atom is -0.465 e. The molecule has 2 N–H and O–H groups in total. The zero-order chi connectivity index (χ0) is 15.9. The minimum atomic E-state index is -0.925. The largest absolute Gasteiger partial charge is 0.465 e. The molecular weight excluding hydrogens is 272 g/mol. The second kappa shape index (κ2) is 8.68. The third-order valence-corrected chi connectivity index (χ3v) is 4.04. The molecule has 2 atom stereocenters. The second-order valence-corrected chi connectivity index (χ2v) is 5.80. The average Bonchev–Trinajstić information content (AvgIpc) is 3.28. The number of nitrogens with two attached hydrogens (primary N) is 1. The Labute approximate surface area is 127 Å². The topological polar surface area (TPSA) is 74.0 Å². The smallest absolute Gasteiger partial charge is 0.327 e. The molecule has 1 fully saturated rings. The van der Waals surface area contributed by atoms with E-state index in [1.807, 2.05) is 6.92 Å². The lowest BCUT2D eigenvalue weighted by Crippen LogP contribution is -2.60. The van der Waals surface area contributed by atoms with Crippen LogP contribution in [-0.2, 0) is 19.0 Å². The number of methoxy groups -OCH3 is 2. The average molecular weight is 302 g/mol. The molecule has 6 nitrogen and oxygen atoms in total. The number of esters is 1. The third kappa shape index (κ3) is 5.21. The SMILES string of the molecule is CCOC(=O)C(N)(CN(CCOC)C(C)COC)C1CC1. The first-order valence-electron chi connectivity index (χ1n) is 7.67. The van der Waals surface area contributed by atoms with Gasteiger partial charge in [-0.05, 0) is 32.6 Å². The van der Waals surface area contributed by atoms with Gasteiger partial charge in [-0.1, -0.05) is 0 Å². The molecule has 124 valence electrons. The first-order valence-corrected chi connectivity index (χ1v) is 7.67. The van der Waals surface area contributed by atoms with Crippen LogP contribution >= 0.6 is 0 Å². The van der Waals surface area contributed by atoms with Gasteiger partial charge >= 0.3 is 5.97 Å². The molecule has 0 aromatic heterocycles. The van der Waals surface area contributed by atoms with E-state index >= 15 is 0 Å². The van der Waals surface area contributed by atoms with E-state index in [2.05, 4.69) is 11.8 Å². The van der Waals surface area contributed by atoms with Crippen LogP contribution in [0, 0.1) is 5.92 Å². The van der Waals surface area contributed by atoms with Gasteiger partial charge in [0.05, 0.1) is 19.8 Å². The Balaban J connectivity index is 2.77. The van der Waals surface area contributed by atoms with Crippen LogP contribution in [0.2, 0.25) is 0 Å². The van der Waals surface area contributed by atoms with Crippen molar-refractivity contribution in [3.63, 3.8) is 0 Å². The van der Waals surface area contributed by atoms with Crippen molar-refractivity contribution in [3.8, 4) is 0 Å². The molecule has 0 heterocycles. The monoisotopic (exact) mass is 302 g/mol. The summed E-state index contributed by atoms with van der Waals surface area (Å²) in [6.45, 7) is 6.61. The molecule has 6 heteroatoms. The maximum Gasteiger partial charge on any atom is 0.327 e. The summed E-state index contributed by atoms with van der Waals surface area (Å²) in [7, 11) is 3.34. The summed E-state index contributed by atoms with van der Waals surface area (Å²) in [6.07, 6.45) is 1.98. The van der Waals surface area contributed by atoms with Crippen molar-refractivity contribution in [2.24, 2.45) is 11.7 Å². The first kappa shape index (κ1) is 18.4. The Morgan fingerprint density at radius 3 is 2.52 bits per heavy atom. The highest BCUT2D eigenvalue weighted by atomic mass is 16.5. The summed E-state index contributed by atoms with van der Waals surface area (Å²) in [5.74, 6) is -0.0733. The van der Waals surface area contributed by atoms with Crippen LogP contribution in [0.3, 0.4) is 0 Å². The predicted octanol–water partition coefficient (Wildman–Crippen LogP) is 0.640. The van der Waals surface area contributed by atoms with Crippen molar-refractivity contribution in [1.82, 2.24) is 4.90 Å². The number of ether oxygens (including phenoxy) is 3. The number of nitrogens with zero attached hydrogens (tertiary/aromatic N) is 1. The van der Waals surface area contributed by atoms with Gasteiger partial charge in [-0.2, -0.15) is 0 Å². The number of rotatable bonds is 11. The van der Waals surface area contributed by atoms with Crippen LogP contribution in [0.25, 0.3) is 0 Å². The van der Waals surface area contributed by atoms with E-state index in [1.165, 1.54) is 0 Å². The van der Waals surface area contributed by atoms with Crippen molar-refractivity contribution in [2.75, 3.05) is 47.1 Å². The van der Waals surface area contributed by atoms with Gasteiger partial charge in [0.1, 0.15) is 5.54 Å². The fourth-order valence-corrected chi connectivity index (χ4v) is 2.57. The van der Waals surface area contributed by atoms with Crippen LogP contribution in [0.4, 0.5) is 0 Å². The molecule has 0 amide bonds. The minimum absolute atomic E-state index is 0.168. The van der Waals surface area contributed by atoms with Crippen LogP contribution in [0.15, 0.2) is 0 Å². The molecule has 21 heavy (non-hydrogen) atoms. The highest BCUT2D eigenvalue weighted by Gasteiger charge is 2.50. The van der Waals surface area contributed by atoms with E-state index in [0.717, 1.165) is 12.8 Å². The van der Waals surface area contributed by atoms with E-state index in [9.17, 15) is 4.79 Å². The summed E-state index contributed by atoms with van der Waals surface area (Å²) < 4.78 is 15.6. The Kier molecular flexibility index (Phi) is 7.59.